The highest BCUT2D eigenvalue weighted by Gasteiger charge is 2.34. The van der Waals surface area contributed by atoms with Crippen molar-refractivity contribution in [1.82, 2.24) is 4.98 Å². The lowest BCUT2D eigenvalue weighted by molar-refractivity contribution is -0.275. The summed E-state index contributed by atoms with van der Waals surface area (Å²) in [6.07, 6.45) is -4.89. The Hall–Kier alpha value is -1.51. The van der Waals surface area contributed by atoms with Crippen LogP contribution in [0.3, 0.4) is 0 Å². The minimum absolute atomic E-state index is 0.0536. The van der Waals surface area contributed by atoms with E-state index < -0.39 is 18.1 Å². The number of rotatable bonds is 5. The van der Waals surface area contributed by atoms with Gasteiger partial charge in [-0.3, -0.25) is 0 Å². The molecule has 0 spiro atoms. The van der Waals surface area contributed by atoms with Crippen molar-refractivity contribution in [2.75, 3.05) is 13.7 Å². The Morgan fingerprint density at radius 3 is 2.55 bits per heavy atom. The molecule has 1 heterocycles. The molecular formula is C11H11BrF3NO4. The average molecular weight is 358 g/mol. The summed E-state index contributed by atoms with van der Waals surface area (Å²) in [4.78, 5) is 15.3. The highest BCUT2D eigenvalue weighted by molar-refractivity contribution is 9.08. The highest BCUT2D eigenvalue weighted by Crippen LogP contribution is 2.36. The Bertz CT molecular complexity index is 468. The van der Waals surface area contributed by atoms with E-state index in [0.717, 1.165) is 13.2 Å². The molecule has 112 valence electrons. The first kappa shape index (κ1) is 16.5. The molecular weight excluding hydrogens is 347 g/mol. The molecule has 0 aliphatic heterocycles. The number of pyridine rings is 1. The zero-order valence-corrected chi connectivity index (χ0v) is 12.2. The van der Waals surface area contributed by atoms with Crippen molar-refractivity contribution in [2.45, 2.75) is 18.6 Å². The Kier molecular flexibility index (Phi) is 5.61. The van der Waals surface area contributed by atoms with Crippen molar-refractivity contribution >= 4 is 21.9 Å². The van der Waals surface area contributed by atoms with Gasteiger partial charge in [-0.2, -0.15) is 0 Å². The SMILES string of the molecule is CCOC(=O)c1cc(OC)c(OC(F)(F)F)c(CBr)n1. The zero-order chi connectivity index (χ0) is 15.3. The first-order chi connectivity index (χ1) is 9.32. The fourth-order valence-corrected chi connectivity index (χ4v) is 1.72. The smallest absolute Gasteiger partial charge is 0.493 e. The minimum Gasteiger partial charge on any atom is -0.493 e. The molecule has 0 radical (unpaired) electrons. The topological polar surface area (TPSA) is 57.7 Å². The Balaban J connectivity index is 3.28. The van der Waals surface area contributed by atoms with Gasteiger partial charge in [0.25, 0.3) is 0 Å². The third-order valence-electron chi connectivity index (χ3n) is 2.06. The second kappa shape index (κ2) is 6.78. The third kappa shape index (κ3) is 4.26. The van der Waals surface area contributed by atoms with E-state index in [1.54, 1.807) is 6.92 Å². The van der Waals surface area contributed by atoms with E-state index in [4.69, 9.17) is 9.47 Å². The monoisotopic (exact) mass is 357 g/mol. The molecule has 9 heteroatoms. The number of nitrogens with zero attached hydrogens (tertiary/aromatic N) is 1. The van der Waals surface area contributed by atoms with Crippen LogP contribution in [0.2, 0.25) is 0 Å². The van der Waals surface area contributed by atoms with Crippen molar-refractivity contribution < 1.29 is 32.2 Å². The van der Waals surface area contributed by atoms with Crippen molar-refractivity contribution in [3.8, 4) is 11.5 Å². The molecule has 0 amide bonds. The van der Waals surface area contributed by atoms with Crippen LogP contribution in [0.15, 0.2) is 6.07 Å². The number of carbonyl (C=O) groups is 1. The van der Waals surface area contributed by atoms with Crippen LogP contribution in [0.5, 0.6) is 11.5 Å². The van der Waals surface area contributed by atoms with Gasteiger partial charge in [0.05, 0.1) is 19.4 Å². The number of hydrogen-bond acceptors (Lipinski definition) is 5. The van der Waals surface area contributed by atoms with E-state index in [0.29, 0.717) is 0 Å². The number of methoxy groups -OCH3 is 1. The predicted octanol–water partition coefficient (Wildman–Crippen LogP) is 3.06. The summed E-state index contributed by atoms with van der Waals surface area (Å²) < 4.78 is 50.4. The Morgan fingerprint density at radius 1 is 1.45 bits per heavy atom. The average Bonchev–Trinajstić information content (AvgIpc) is 2.37. The van der Waals surface area contributed by atoms with Crippen LogP contribution in [0.4, 0.5) is 13.2 Å². The van der Waals surface area contributed by atoms with Crippen LogP contribution in [-0.4, -0.2) is 31.0 Å². The summed E-state index contributed by atoms with van der Waals surface area (Å²) >= 11 is 2.98. The quantitative estimate of drug-likeness (QED) is 0.598. The van der Waals surface area contributed by atoms with E-state index in [2.05, 4.69) is 25.7 Å². The number of halogens is 4. The molecule has 1 rings (SSSR count). The summed E-state index contributed by atoms with van der Waals surface area (Å²) in [7, 11) is 1.16. The molecule has 0 bridgehead atoms. The molecule has 0 aromatic carbocycles. The van der Waals surface area contributed by atoms with Crippen LogP contribution in [-0.2, 0) is 10.1 Å². The fraction of sp³-hybridized carbons (Fsp3) is 0.455. The van der Waals surface area contributed by atoms with Gasteiger partial charge in [-0.25, -0.2) is 9.78 Å². The molecule has 0 fully saturated rings. The number of ether oxygens (including phenoxy) is 3. The largest absolute Gasteiger partial charge is 0.573 e. The normalized spacial score (nSPS) is 11.1. The van der Waals surface area contributed by atoms with Crippen LogP contribution in [0, 0.1) is 0 Å². The van der Waals surface area contributed by atoms with E-state index in [1.807, 2.05) is 0 Å². The van der Waals surface area contributed by atoms with Crippen molar-refractivity contribution in [1.29, 1.82) is 0 Å². The fourth-order valence-electron chi connectivity index (χ4n) is 1.34. The maximum atomic E-state index is 12.3. The highest BCUT2D eigenvalue weighted by atomic mass is 79.9. The number of aromatic nitrogens is 1. The molecule has 1 aromatic heterocycles. The summed E-state index contributed by atoms with van der Waals surface area (Å²) in [6.45, 7) is 1.72. The van der Waals surface area contributed by atoms with Gasteiger partial charge < -0.3 is 14.2 Å². The number of hydrogen-bond donors (Lipinski definition) is 0. The Morgan fingerprint density at radius 2 is 2.10 bits per heavy atom. The molecule has 0 saturated carbocycles. The van der Waals surface area contributed by atoms with E-state index in [1.165, 1.54) is 0 Å². The lowest BCUT2D eigenvalue weighted by Gasteiger charge is -2.15. The van der Waals surface area contributed by atoms with Gasteiger partial charge >= 0.3 is 12.3 Å². The van der Waals surface area contributed by atoms with E-state index >= 15 is 0 Å². The molecule has 0 N–H and O–H groups in total. The summed E-state index contributed by atoms with van der Waals surface area (Å²) in [5.74, 6) is -1.61. The van der Waals surface area contributed by atoms with Gasteiger partial charge in [0.1, 0.15) is 0 Å². The maximum absolute atomic E-state index is 12.3. The van der Waals surface area contributed by atoms with E-state index in [-0.39, 0.29) is 29.1 Å². The first-order valence-corrected chi connectivity index (χ1v) is 6.51. The molecule has 0 saturated heterocycles. The van der Waals surface area contributed by atoms with Crippen LogP contribution < -0.4 is 9.47 Å². The lowest BCUT2D eigenvalue weighted by atomic mass is 10.2. The predicted molar refractivity (Wildman–Crippen MR) is 66.1 cm³/mol. The molecule has 5 nitrogen and oxygen atoms in total. The maximum Gasteiger partial charge on any atom is 0.573 e. The third-order valence-corrected chi connectivity index (χ3v) is 2.59. The lowest BCUT2D eigenvalue weighted by Crippen LogP contribution is -2.20. The van der Waals surface area contributed by atoms with Crippen molar-refractivity contribution in [3.63, 3.8) is 0 Å². The minimum atomic E-state index is -4.89. The van der Waals surface area contributed by atoms with E-state index in [9.17, 15) is 18.0 Å². The van der Waals surface area contributed by atoms with Crippen LogP contribution >= 0.6 is 15.9 Å². The molecule has 0 aliphatic rings. The molecule has 0 atom stereocenters. The van der Waals surface area contributed by atoms with Gasteiger partial charge in [-0.1, -0.05) is 15.9 Å². The summed E-state index contributed by atoms with van der Waals surface area (Å²) in [5, 5.41) is -0.0536. The van der Waals surface area contributed by atoms with Gasteiger partial charge in [0, 0.05) is 11.4 Å². The van der Waals surface area contributed by atoms with Crippen LogP contribution in [0.1, 0.15) is 23.1 Å². The number of carbonyl (C=O) groups excluding carboxylic acids is 1. The molecule has 0 unspecified atom stereocenters. The van der Waals surface area contributed by atoms with Crippen molar-refractivity contribution in [2.24, 2.45) is 0 Å². The number of alkyl halides is 4. The number of esters is 1. The summed E-state index contributed by atoms with van der Waals surface area (Å²) in [6, 6.07) is 1.03. The molecule has 20 heavy (non-hydrogen) atoms. The van der Waals surface area contributed by atoms with Crippen LogP contribution in [0.25, 0.3) is 0 Å². The zero-order valence-electron chi connectivity index (χ0n) is 10.6. The second-order valence-corrected chi connectivity index (χ2v) is 3.95. The standard InChI is InChI=1S/C11H11BrF3NO4/c1-3-19-10(17)6-4-8(18-2)9(7(5-12)16-6)20-11(13,14)15/h4H,3,5H2,1-2H3. The van der Waals surface area contributed by atoms with Crippen molar-refractivity contribution in [3.05, 3.63) is 17.5 Å². The van der Waals surface area contributed by atoms with Gasteiger partial charge in [0.15, 0.2) is 17.2 Å². The van der Waals surface area contributed by atoms with Gasteiger partial charge in [0.2, 0.25) is 0 Å². The molecule has 0 aliphatic carbocycles. The summed E-state index contributed by atoms with van der Waals surface area (Å²) in [5.41, 5.74) is -0.280. The second-order valence-electron chi connectivity index (χ2n) is 3.39. The Labute approximate surface area is 121 Å². The van der Waals surface area contributed by atoms with Gasteiger partial charge in [-0.05, 0) is 6.92 Å². The van der Waals surface area contributed by atoms with Gasteiger partial charge in [-0.15, -0.1) is 13.2 Å². The first-order valence-electron chi connectivity index (χ1n) is 5.39. The molecule has 1 aromatic rings.